The number of hydrogen-bond acceptors (Lipinski definition) is 5. The van der Waals surface area contributed by atoms with Crippen molar-refractivity contribution in [3.63, 3.8) is 0 Å². The monoisotopic (exact) mass is 260 g/mol. The van der Waals surface area contributed by atoms with E-state index in [1.165, 1.54) is 11.8 Å². The van der Waals surface area contributed by atoms with E-state index in [2.05, 4.69) is 32.1 Å². The van der Waals surface area contributed by atoms with Gasteiger partial charge in [-0.25, -0.2) is 4.63 Å². The van der Waals surface area contributed by atoms with Crippen LogP contribution >= 0.6 is 0 Å². The third kappa shape index (κ3) is 4.18. The minimum absolute atomic E-state index is 0.279. The lowest BCUT2D eigenvalue weighted by atomic mass is 10.1. The van der Waals surface area contributed by atoms with Gasteiger partial charge in [-0.1, -0.05) is 35.5 Å². The smallest absolute Gasteiger partial charge is 0.176 e. The number of hydrogen-bond donors (Lipinski definition) is 2. The highest BCUT2D eigenvalue weighted by molar-refractivity contribution is 5.95. The van der Waals surface area contributed by atoms with Gasteiger partial charge in [-0.15, -0.1) is 0 Å². The Balaban J connectivity index is 1.74. The average molecular weight is 260 g/mol. The van der Waals surface area contributed by atoms with Crippen LogP contribution in [0.5, 0.6) is 0 Å². The number of aromatic nitrogens is 2. The molecule has 0 aliphatic rings. The van der Waals surface area contributed by atoms with Gasteiger partial charge in [0, 0.05) is 6.54 Å². The molecule has 0 aliphatic carbocycles. The summed E-state index contributed by atoms with van der Waals surface area (Å²) in [6.45, 7) is 0.614. The number of rotatable bonds is 6. The van der Waals surface area contributed by atoms with Crippen LogP contribution in [0.15, 0.2) is 46.2 Å². The van der Waals surface area contributed by atoms with Gasteiger partial charge in [0.25, 0.3) is 0 Å². The topological polar surface area (TPSA) is 83.5 Å². The molecular formula is C13H16N4O2. The van der Waals surface area contributed by atoms with Gasteiger partial charge in [0.05, 0.1) is 0 Å². The molecule has 1 heterocycles. The maximum Gasteiger partial charge on any atom is 0.176 e. The van der Waals surface area contributed by atoms with Crippen LogP contribution in [-0.2, 0) is 6.42 Å². The first-order chi connectivity index (χ1) is 9.40. The number of aliphatic imine (C=N–C) groups is 1. The molecule has 0 saturated carbocycles. The van der Waals surface area contributed by atoms with Crippen LogP contribution in [0.25, 0.3) is 0 Å². The highest BCUT2D eigenvalue weighted by atomic mass is 16.6. The van der Waals surface area contributed by atoms with Crippen LogP contribution in [0.4, 0.5) is 0 Å². The Kier molecular flexibility index (Phi) is 5.06. The zero-order chi connectivity index (χ0) is 13.3. The molecule has 0 radical (unpaired) electrons. The first-order valence-corrected chi connectivity index (χ1v) is 6.16. The van der Waals surface area contributed by atoms with Gasteiger partial charge in [-0.05, 0) is 30.0 Å². The van der Waals surface area contributed by atoms with Crippen molar-refractivity contribution in [2.24, 2.45) is 4.99 Å². The molecule has 2 N–H and O–H groups in total. The number of aryl methyl sites for hydroxylation is 1. The largest absolute Gasteiger partial charge is 0.290 e. The molecule has 0 amide bonds. The second-order valence-corrected chi connectivity index (χ2v) is 4.08. The minimum atomic E-state index is 0.279. The summed E-state index contributed by atoms with van der Waals surface area (Å²) in [5, 5.41) is 16.0. The van der Waals surface area contributed by atoms with E-state index in [-0.39, 0.29) is 5.84 Å². The van der Waals surface area contributed by atoms with E-state index in [0.29, 0.717) is 12.2 Å². The first kappa shape index (κ1) is 13.2. The second-order valence-electron chi connectivity index (χ2n) is 4.08. The van der Waals surface area contributed by atoms with Gasteiger partial charge < -0.3 is 0 Å². The van der Waals surface area contributed by atoms with Crippen molar-refractivity contribution in [3.8, 4) is 0 Å². The summed E-state index contributed by atoms with van der Waals surface area (Å²) in [6, 6.07) is 10.3. The molecule has 6 nitrogen and oxygen atoms in total. The summed E-state index contributed by atoms with van der Waals surface area (Å²) < 4.78 is 4.45. The molecule has 2 aromatic rings. The van der Waals surface area contributed by atoms with Crippen molar-refractivity contribution >= 4 is 5.84 Å². The Morgan fingerprint density at radius 3 is 2.79 bits per heavy atom. The van der Waals surface area contributed by atoms with Crippen LogP contribution in [0, 0.1) is 0 Å². The van der Waals surface area contributed by atoms with E-state index >= 15 is 0 Å². The number of nitrogens with one attached hydrogen (secondary N) is 1. The maximum absolute atomic E-state index is 8.94. The van der Waals surface area contributed by atoms with Crippen molar-refractivity contribution in [3.05, 3.63) is 47.8 Å². The van der Waals surface area contributed by atoms with E-state index in [1.54, 1.807) is 0 Å². The van der Waals surface area contributed by atoms with Crippen LogP contribution < -0.4 is 5.48 Å². The quantitative estimate of drug-likeness (QED) is 0.358. The fourth-order valence-corrected chi connectivity index (χ4v) is 1.72. The fourth-order valence-electron chi connectivity index (χ4n) is 1.72. The lowest BCUT2D eigenvalue weighted by Crippen LogP contribution is -2.21. The highest BCUT2D eigenvalue weighted by Crippen LogP contribution is 2.04. The summed E-state index contributed by atoms with van der Waals surface area (Å²) in [5.74, 6) is 0.279. The normalized spacial score (nSPS) is 11.5. The Hall–Kier alpha value is -2.21. The Labute approximate surface area is 111 Å². The molecule has 1 aromatic heterocycles. The number of benzene rings is 1. The van der Waals surface area contributed by atoms with E-state index in [9.17, 15) is 0 Å². The zero-order valence-corrected chi connectivity index (χ0v) is 10.5. The summed E-state index contributed by atoms with van der Waals surface area (Å²) in [4.78, 5) is 4.21. The number of nitrogens with zero attached hydrogens (tertiary/aromatic N) is 3. The Morgan fingerprint density at radius 1 is 1.26 bits per heavy atom. The van der Waals surface area contributed by atoms with Crippen molar-refractivity contribution < 1.29 is 9.84 Å². The molecule has 0 bridgehead atoms. The van der Waals surface area contributed by atoms with Gasteiger partial charge in [0.1, 0.15) is 6.20 Å². The number of amidine groups is 1. The third-order valence-electron chi connectivity index (χ3n) is 2.70. The predicted molar refractivity (Wildman–Crippen MR) is 70.0 cm³/mol. The summed E-state index contributed by atoms with van der Waals surface area (Å²) in [5.41, 5.74) is 3.72. The second kappa shape index (κ2) is 7.27. The van der Waals surface area contributed by atoms with Crippen LogP contribution in [-0.4, -0.2) is 27.9 Å². The Bertz CT molecular complexity index is 497. The lowest BCUT2D eigenvalue weighted by Gasteiger charge is -2.01. The lowest BCUT2D eigenvalue weighted by molar-refractivity contribution is 0.233. The Morgan fingerprint density at radius 2 is 2.11 bits per heavy atom. The molecule has 100 valence electrons. The third-order valence-corrected chi connectivity index (χ3v) is 2.70. The molecule has 0 atom stereocenters. The first-order valence-electron chi connectivity index (χ1n) is 6.16. The van der Waals surface area contributed by atoms with Crippen molar-refractivity contribution in [2.45, 2.75) is 19.3 Å². The van der Waals surface area contributed by atoms with Crippen molar-refractivity contribution in [1.82, 2.24) is 15.8 Å². The van der Waals surface area contributed by atoms with Crippen LogP contribution in [0.1, 0.15) is 24.1 Å². The fraction of sp³-hybridized carbons (Fsp3) is 0.308. The zero-order valence-electron chi connectivity index (χ0n) is 10.5. The molecule has 0 unspecified atom stereocenters. The summed E-state index contributed by atoms with van der Waals surface area (Å²) in [7, 11) is 0. The van der Waals surface area contributed by atoms with Gasteiger partial charge >= 0.3 is 0 Å². The van der Waals surface area contributed by atoms with Gasteiger partial charge in [-0.3, -0.25) is 15.7 Å². The van der Waals surface area contributed by atoms with E-state index < -0.39 is 0 Å². The summed E-state index contributed by atoms with van der Waals surface area (Å²) >= 11 is 0. The van der Waals surface area contributed by atoms with E-state index in [1.807, 2.05) is 23.7 Å². The van der Waals surface area contributed by atoms with Gasteiger partial charge in [0.15, 0.2) is 11.5 Å². The van der Waals surface area contributed by atoms with Crippen LogP contribution in [0.3, 0.4) is 0 Å². The average Bonchev–Trinajstić information content (AvgIpc) is 2.98. The SMILES string of the molecule is ONC(=NCCCCc1ccccc1)c1cnon1. The standard InChI is InChI=1S/C13H16N4O2/c18-16-13(12-10-15-19-17-12)14-9-5-4-8-11-6-2-1-3-7-11/h1-3,6-7,10,18H,4-5,8-9H2,(H,14,16). The molecule has 19 heavy (non-hydrogen) atoms. The van der Waals surface area contributed by atoms with Crippen LogP contribution in [0.2, 0.25) is 0 Å². The number of unbranched alkanes of at least 4 members (excludes halogenated alkanes) is 1. The number of hydroxylamine groups is 1. The molecule has 6 heteroatoms. The molecule has 0 saturated heterocycles. The highest BCUT2D eigenvalue weighted by Gasteiger charge is 2.05. The molecule has 0 spiro atoms. The van der Waals surface area contributed by atoms with Crippen molar-refractivity contribution in [1.29, 1.82) is 0 Å². The van der Waals surface area contributed by atoms with Gasteiger partial charge in [0.2, 0.25) is 0 Å². The van der Waals surface area contributed by atoms with E-state index in [4.69, 9.17) is 5.21 Å². The summed E-state index contributed by atoms with van der Waals surface area (Å²) in [6.07, 6.45) is 4.41. The molecule has 0 fully saturated rings. The predicted octanol–water partition coefficient (Wildman–Crippen LogP) is 1.82. The molecule has 0 aliphatic heterocycles. The minimum Gasteiger partial charge on any atom is -0.290 e. The molecule has 1 aromatic carbocycles. The maximum atomic E-state index is 8.94. The van der Waals surface area contributed by atoms with E-state index in [0.717, 1.165) is 19.3 Å². The van der Waals surface area contributed by atoms with Crippen molar-refractivity contribution in [2.75, 3.05) is 6.54 Å². The molecule has 2 rings (SSSR count). The van der Waals surface area contributed by atoms with Gasteiger partial charge in [-0.2, -0.15) is 0 Å². The molecular weight excluding hydrogens is 244 g/mol.